The Morgan fingerprint density at radius 2 is 2.31 bits per heavy atom. The van der Waals surface area contributed by atoms with Crippen molar-refractivity contribution >= 4 is 5.91 Å². The van der Waals surface area contributed by atoms with Crippen LogP contribution in [0.3, 0.4) is 0 Å². The second-order valence-electron chi connectivity index (χ2n) is 4.87. The summed E-state index contributed by atoms with van der Waals surface area (Å²) >= 11 is 0. The molecular formula is C12H22N2O2. The van der Waals surface area contributed by atoms with E-state index in [-0.39, 0.29) is 11.8 Å². The van der Waals surface area contributed by atoms with E-state index >= 15 is 0 Å². The van der Waals surface area contributed by atoms with Crippen molar-refractivity contribution in [2.24, 2.45) is 11.8 Å². The monoisotopic (exact) mass is 226 g/mol. The van der Waals surface area contributed by atoms with Gasteiger partial charge in [0.05, 0.1) is 12.5 Å². The van der Waals surface area contributed by atoms with E-state index in [1.165, 1.54) is 6.42 Å². The number of amides is 1. The zero-order valence-corrected chi connectivity index (χ0v) is 9.84. The van der Waals surface area contributed by atoms with Crippen molar-refractivity contribution in [1.82, 2.24) is 10.6 Å². The fourth-order valence-corrected chi connectivity index (χ4v) is 2.43. The Bertz CT molecular complexity index is 221. The lowest BCUT2D eigenvalue weighted by molar-refractivity contribution is -0.125. The molecule has 2 atom stereocenters. The molecule has 2 N–H and O–H groups in total. The van der Waals surface area contributed by atoms with E-state index in [1.54, 1.807) is 0 Å². The maximum atomic E-state index is 11.8. The van der Waals surface area contributed by atoms with Gasteiger partial charge in [0.25, 0.3) is 0 Å². The minimum Gasteiger partial charge on any atom is -0.381 e. The maximum Gasteiger partial charge on any atom is 0.224 e. The zero-order chi connectivity index (χ0) is 11.2. The number of ether oxygens (including phenoxy) is 1. The second kappa shape index (κ2) is 6.21. The third-order valence-electron chi connectivity index (χ3n) is 3.49. The van der Waals surface area contributed by atoms with Crippen LogP contribution < -0.4 is 10.6 Å². The molecule has 1 unspecified atom stereocenters. The number of rotatable bonds is 3. The fourth-order valence-electron chi connectivity index (χ4n) is 2.43. The third-order valence-corrected chi connectivity index (χ3v) is 3.49. The Morgan fingerprint density at radius 1 is 1.38 bits per heavy atom. The summed E-state index contributed by atoms with van der Waals surface area (Å²) in [6.45, 7) is 4.38. The number of carbonyl (C=O) groups is 1. The highest BCUT2D eigenvalue weighted by Crippen LogP contribution is 2.13. The number of hydrogen-bond acceptors (Lipinski definition) is 3. The minimum atomic E-state index is 0.179. The van der Waals surface area contributed by atoms with E-state index in [0.717, 1.165) is 52.1 Å². The van der Waals surface area contributed by atoms with Gasteiger partial charge in [0.1, 0.15) is 0 Å². The number of piperidine rings is 1. The molecule has 4 heteroatoms. The van der Waals surface area contributed by atoms with Crippen LogP contribution in [-0.4, -0.2) is 38.8 Å². The summed E-state index contributed by atoms with van der Waals surface area (Å²) in [6, 6.07) is 0. The van der Waals surface area contributed by atoms with Gasteiger partial charge in [-0.05, 0) is 38.1 Å². The summed E-state index contributed by atoms with van der Waals surface area (Å²) in [6.07, 6.45) is 4.46. The van der Waals surface area contributed by atoms with Crippen LogP contribution in [0, 0.1) is 11.8 Å². The summed E-state index contributed by atoms with van der Waals surface area (Å²) in [4.78, 5) is 11.8. The molecule has 0 aromatic rings. The van der Waals surface area contributed by atoms with Crippen molar-refractivity contribution in [3.8, 4) is 0 Å². The summed E-state index contributed by atoms with van der Waals surface area (Å²) in [5, 5.41) is 6.33. The number of carbonyl (C=O) groups excluding carboxylic acids is 1. The molecule has 92 valence electrons. The number of hydrogen-bond donors (Lipinski definition) is 2. The Kier molecular flexibility index (Phi) is 4.60. The summed E-state index contributed by atoms with van der Waals surface area (Å²) in [7, 11) is 0. The topological polar surface area (TPSA) is 50.4 Å². The summed E-state index contributed by atoms with van der Waals surface area (Å²) in [5.74, 6) is 0.922. The average molecular weight is 226 g/mol. The van der Waals surface area contributed by atoms with E-state index in [2.05, 4.69) is 10.6 Å². The van der Waals surface area contributed by atoms with Crippen LogP contribution in [0.5, 0.6) is 0 Å². The standard InChI is InChI=1S/C12H22N2O2/c15-12(11-4-1-5-13-8-11)14-7-10-3-2-6-16-9-10/h10-11,13H,1-9H2,(H,14,15)/t10?,11-/m0/s1. The van der Waals surface area contributed by atoms with Crippen LogP contribution in [-0.2, 0) is 9.53 Å². The Hall–Kier alpha value is -0.610. The molecule has 2 rings (SSSR count). The first-order valence-corrected chi connectivity index (χ1v) is 6.42. The quantitative estimate of drug-likeness (QED) is 0.738. The molecule has 2 aliphatic rings. The van der Waals surface area contributed by atoms with Gasteiger partial charge in [-0.25, -0.2) is 0 Å². The second-order valence-corrected chi connectivity index (χ2v) is 4.87. The van der Waals surface area contributed by atoms with Gasteiger partial charge >= 0.3 is 0 Å². The van der Waals surface area contributed by atoms with E-state index in [4.69, 9.17) is 4.74 Å². The van der Waals surface area contributed by atoms with Crippen molar-refractivity contribution < 1.29 is 9.53 Å². The van der Waals surface area contributed by atoms with Crippen molar-refractivity contribution in [2.45, 2.75) is 25.7 Å². The summed E-state index contributed by atoms with van der Waals surface area (Å²) in [5.41, 5.74) is 0. The average Bonchev–Trinajstić information content (AvgIpc) is 2.38. The van der Waals surface area contributed by atoms with Gasteiger partial charge in [-0.1, -0.05) is 0 Å². The van der Waals surface area contributed by atoms with E-state index < -0.39 is 0 Å². The first-order valence-electron chi connectivity index (χ1n) is 6.42. The van der Waals surface area contributed by atoms with Gasteiger partial charge < -0.3 is 15.4 Å². The fraction of sp³-hybridized carbons (Fsp3) is 0.917. The van der Waals surface area contributed by atoms with Crippen molar-refractivity contribution in [3.63, 3.8) is 0 Å². The van der Waals surface area contributed by atoms with Crippen LogP contribution >= 0.6 is 0 Å². The Balaban J connectivity index is 1.65. The van der Waals surface area contributed by atoms with Crippen molar-refractivity contribution in [2.75, 3.05) is 32.8 Å². The molecule has 4 nitrogen and oxygen atoms in total. The molecule has 2 heterocycles. The molecule has 2 saturated heterocycles. The predicted molar refractivity (Wildman–Crippen MR) is 62.1 cm³/mol. The molecule has 2 aliphatic heterocycles. The molecule has 0 aromatic carbocycles. The van der Waals surface area contributed by atoms with Gasteiger partial charge in [0.2, 0.25) is 5.91 Å². The van der Waals surface area contributed by atoms with Crippen LogP contribution in [0.25, 0.3) is 0 Å². The number of nitrogens with one attached hydrogen (secondary N) is 2. The molecule has 0 aromatic heterocycles. The molecule has 16 heavy (non-hydrogen) atoms. The van der Waals surface area contributed by atoms with E-state index in [9.17, 15) is 4.79 Å². The van der Waals surface area contributed by atoms with Crippen molar-refractivity contribution in [3.05, 3.63) is 0 Å². The predicted octanol–water partition coefficient (Wildman–Crippen LogP) is 0.529. The highest BCUT2D eigenvalue weighted by molar-refractivity contribution is 5.78. The zero-order valence-electron chi connectivity index (χ0n) is 9.84. The molecule has 0 saturated carbocycles. The van der Waals surface area contributed by atoms with Crippen LogP contribution in [0.2, 0.25) is 0 Å². The highest BCUT2D eigenvalue weighted by atomic mass is 16.5. The molecule has 0 aliphatic carbocycles. The molecule has 0 radical (unpaired) electrons. The Labute approximate surface area is 97.1 Å². The lowest BCUT2D eigenvalue weighted by atomic mass is 9.98. The van der Waals surface area contributed by atoms with E-state index in [1.807, 2.05) is 0 Å². The van der Waals surface area contributed by atoms with Gasteiger partial charge in [-0.3, -0.25) is 4.79 Å². The first kappa shape index (κ1) is 11.9. The van der Waals surface area contributed by atoms with Gasteiger partial charge in [0.15, 0.2) is 0 Å². The molecule has 2 fully saturated rings. The summed E-state index contributed by atoms with van der Waals surface area (Å²) < 4.78 is 5.40. The maximum absolute atomic E-state index is 11.8. The van der Waals surface area contributed by atoms with Crippen LogP contribution in [0.4, 0.5) is 0 Å². The van der Waals surface area contributed by atoms with Crippen molar-refractivity contribution in [1.29, 1.82) is 0 Å². The van der Waals surface area contributed by atoms with Gasteiger partial charge in [-0.15, -0.1) is 0 Å². The molecule has 1 amide bonds. The SMILES string of the molecule is O=C(NCC1CCCOC1)[C@H]1CCCNC1. The Morgan fingerprint density at radius 3 is 3.00 bits per heavy atom. The molecular weight excluding hydrogens is 204 g/mol. The largest absolute Gasteiger partial charge is 0.381 e. The first-order chi connectivity index (χ1) is 7.86. The highest BCUT2D eigenvalue weighted by Gasteiger charge is 2.22. The minimum absolute atomic E-state index is 0.179. The van der Waals surface area contributed by atoms with E-state index in [0.29, 0.717) is 5.92 Å². The van der Waals surface area contributed by atoms with Gasteiger partial charge in [0, 0.05) is 19.7 Å². The van der Waals surface area contributed by atoms with Gasteiger partial charge in [-0.2, -0.15) is 0 Å². The third kappa shape index (κ3) is 3.46. The van der Waals surface area contributed by atoms with Crippen LogP contribution in [0.1, 0.15) is 25.7 Å². The van der Waals surface area contributed by atoms with Crippen LogP contribution in [0.15, 0.2) is 0 Å². The lowest BCUT2D eigenvalue weighted by Crippen LogP contribution is -2.42. The lowest BCUT2D eigenvalue weighted by Gasteiger charge is -2.25. The smallest absolute Gasteiger partial charge is 0.224 e. The normalized spacial score (nSPS) is 31.0. The molecule has 0 spiro atoms. The molecule has 0 bridgehead atoms.